The van der Waals surface area contributed by atoms with Crippen molar-refractivity contribution in [1.82, 2.24) is 14.9 Å². The van der Waals surface area contributed by atoms with E-state index < -0.39 is 0 Å². The number of carbonyl (C=O) groups is 1. The van der Waals surface area contributed by atoms with Crippen LogP contribution in [-0.2, 0) is 0 Å². The Balaban J connectivity index is 0.00000150. The van der Waals surface area contributed by atoms with Crippen molar-refractivity contribution in [1.29, 1.82) is 0 Å². The molecule has 2 aromatic heterocycles. The lowest BCUT2D eigenvalue weighted by Gasteiger charge is -2.42. The first-order chi connectivity index (χ1) is 13.0. The lowest BCUT2D eigenvalue weighted by Crippen LogP contribution is -2.54. The largest absolute Gasteiger partial charge is 0.338 e. The molecule has 2 N–H and O–H groups in total. The van der Waals surface area contributed by atoms with Crippen molar-refractivity contribution >= 4 is 41.6 Å². The molecule has 0 bridgehead atoms. The van der Waals surface area contributed by atoms with E-state index in [1.54, 1.807) is 6.20 Å². The van der Waals surface area contributed by atoms with E-state index in [4.69, 9.17) is 10.7 Å². The summed E-state index contributed by atoms with van der Waals surface area (Å²) in [5.41, 5.74) is 9.10. The third-order valence-electron chi connectivity index (χ3n) is 5.47. The van der Waals surface area contributed by atoms with Crippen LogP contribution in [-0.4, -0.2) is 39.9 Å². The third kappa shape index (κ3) is 4.53. The Morgan fingerprint density at radius 2 is 1.83 bits per heavy atom. The zero-order valence-corrected chi connectivity index (χ0v) is 18.2. The highest BCUT2D eigenvalue weighted by atomic mass is 35.5. The van der Waals surface area contributed by atoms with E-state index in [9.17, 15) is 4.79 Å². The molecule has 29 heavy (non-hydrogen) atoms. The first-order valence-electron chi connectivity index (χ1n) is 9.32. The van der Waals surface area contributed by atoms with Gasteiger partial charge >= 0.3 is 0 Å². The van der Waals surface area contributed by atoms with Crippen LogP contribution in [0.1, 0.15) is 30.6 Å². The summed E-state index contributed by atoms with van der Waals surface area (Å²) in [5, 5.41) is 0.870. The van der Waals surface area contributed by atoms with Gasteiger partial charge in [-0.2, -0.15) is 0 Å². The van der Waals surface area contributed by atoms with E-state index >= 15 is 0 Å². The van der Waals surface area contributed by atoms with Gasteiger partial charge in [0.25, 0.3) is 5.91 Å². The summed E-state index contributed by atoms with van der Waals surface area (Å²) in [6.07, 6.45) is 2.55. The van der Waals surface area contributed by atoms with Crippen LogP contribution in [0, 0.1) is 5.41 Å². The molecule has 1 unspecified atom stereocenters. The predicted molar refractivity (Wildman–Crippen MR) is 122 cm³/mol. The van der Waals surface area contributed by atoms with Crippen molar-refractivity contribution < 1.29 is 4.79 Å². The topological polar surface area (TPSA) is 72.1 Å². The third-order valence-corrected chi connectivity index (χ3v) is 5.47. The van der Waals surface area contributed by atoms with Gasteiger partial charge in [0, 0.05) is 30.7 Å². The number of amides is 1. The minimum Gasteiger partial charge on any atom is -0.338 e. The number of likely N-dealkylation sites (tertiary alicyclic amines) is 1. The summed E-state index contributed by atoms with van der Waals surface area (Å²) in [6.45, 7) is 5.59. The smallest absolute Gasteiger partial charge is 0.254 e. The van der Waals surface area contributed by atoms with E-state index in [0.717, 1.165) is 23.0 Å². The molecule has 1 aliphatic rings. The van der Waals surface area contributed by atoms with Gasteiger partial charge in [-0.25, -0.2) is 4.98 Å². The lowest BCUT2D eigenvalue weighted by atomic mass is 9.79. The first-order valence-corrected chi connectivity index (χ1v) is 9.32. The van der Waals surface area contributed by atoms with Crippen LogP contribution in [0.15, 0.2) is 54.7 Å². The number of halogens is 2. The van der Waals surface area contributed by atoms with E-state index in [2.05, 4.69) is 18.8 Å². The van der Waals surface area contributed by atoms with Crippen LogP contribution in [0.2, 0.25) is 0 Å². The number of rotatable bonds is 2. The Bertz CT molecular complexity index is 995. The van der Waals surface area contributed by atoms with Gasteiger partial charge in [-0.15, -0.1) is 24.8 Å². The van der Waals surface area contributed by atoms with Crippen molar-refractivity contribution in [3.63, 3.8) is 0 Å². The van der Waals surface area contributed by atoms with E-state index in [0.29, 0.717) is 24.3 Å². The standard InChI is InChI=1S/C22H24N4O.2ClH/c1-22(2)14-26(12-10-20(22)23)21(27)16-13-19(18-9-5-6-11-24-18)25-17-8-4-3-7-15(16)17;;/h3-9,11,13,20H,10,12,14,23H2,1-2H3;2*1H. The maximum Gasteiger partial charge on any atom is 0.254 e. The zero-order valence-electron chi connectivity index (χ0n) is 16.5. The highest BCUT2D eigenvalue weighted by Crippen LogP contribution is 2.30. The second-order valence-corrected chi connectivity index (χ2v) is 7.90. The Hall–Kier alpha value is -2.21. The molecule has 0 aliphatic carbocycles. The van der Waals surface area contributed by atoms with Crippen LogP contribution < -0.4 is 5.73 Å². The minimum absolute atomic E-state index is 0. The molecule has 1 aromatic carbocycles. The van der Waals surface area contributed by atoms with Gasteiger partial charge in [-0.3, -0.25) is 9.78 Å². The molecule has 5 nitrogen and oxygen atoms in total. The summed E-state index contributed by atoms with van der Waals surface area (Å²) in [5.74, 6) is 0.0331. The van der Waals surface area contributed by atoms with E-state index in [-0.39, 0.29) is 42.2 Å². The average molecular weight is 433 g/mol. The Kier molecular flexibility index (Phi) is 7.22. The molecule has 3 heterocycles. The maximum atomic E-state index is 13.4. The number of para-hydroxylation sites is 1. The van der Waals surface area contributed by atoms with Gasteiger partial charge in [-0.1, -0.05) is 38.1 Å². The zero-order chi connectivity index (χ0) is 19.0. The van der Waals surface area contributed by atoms with Crippen LogP contribution in [0.3, 0.4) is 0 Å². The number of aromatic nitrogens is 2. The highest BCUT2D eigenvalue weighted by Gasteiger charge is 2.36. The number of nitrogens with zero attached hydrogens (tertiary/aromatic N) is 3. The second-order valence-electron chi connectivity index (χ2n) is 7.90. The molecule has 1 amide bonds. The summed E-state index contributed by atoms with van der Waals surface area (Å²) in [4.78, 5) is 24.5. The molecule has 0 saturated carbocycles. The molecule has 4 rings (SSSR count). The molecule has 1 saturated heterocycles. The Labute approximate surface area is 183 Å². The molecular weight excluding hydrogens is 407 g/mol. The number of piperidine rings is 1. The van der Waals surface area contributed by atoms with E-state index in [1.807, 2.05) is 53.4 Å². The summed E-state index contributed by atoms with van der Waals surface area (Å²) in [7, 11) is 0. The number of nitrogens with two attached hydrogens (primary N) is 1. The van der Waals surface area contributed by atoms with Crippen molar-refractivity contribution in [3.8, 4) is 11.4 Å². The molecule has 0 spiro atoms. The fraction of sp³-hybridized carbons (Fsp3) is 0.318. The summed E-state index contributed by atoms with van der Waals surface area (Å²) < 4.78 is 0. The van der Waals surface area contributed by atoms with Crippen molar-refractivity contribution in [2.75, 3.05) is 13.1 Å². The van der Waals surface area contributed by atoms with Gasteiger partial charge < -0.3 is 10.6 Å². The van der Waals surface area contributed by atoms with Crippen LogP contribution in [0.4, 0.5) is 0 Å². The quantitative estimate of drug-likeness (QED) is 0.653. The molecular formula is C22H26Cl2N4O. The minimum atomic E-state index is -0.0967. The second kappa shape index (κ2) is 9.08. The SMILES string of the molecule is CC1(C)CN(C(=O)c2cc(-c3ccccn3)nc3ccccc23)CCC1N.Cl.Cl. The van der Waals surface area contributed by atoms with Gasteiger partial charge in [-0.05, 0) is 36.1 Å². The number of carbonyl (C=O) groups excluding carboxylic acids is 1. The summed E-state index contributed by atoms with van der Waals surface area (Å²) >= 11 is 0. The lowest BCUT2D eigenvalue weighted by molar-refractivity contribution is 0.0535. The average Bonchev–Trinajstić information content (AvgIpc) is 2.69. The monoisotopic (exact) mass is 432 g/mol. The number of benzene rings is 1. The van der Waals surface area contributed by atoms with Gasteiger partial charge in [0.15, 0.2) is 0 Å². The van der Waals surface area contributed by atoms with Crippen LogP contribution in [0.25, 0.3) is 22.3 Å². The van der Waals surface area contributed by atoms with Gasteiger partial charge in [0.1, 0.15) is 0 Å². The van der Waals surface area contributed by atoms with Crippen molar-refractivity contribution in [2.24, 2.45) is 11.1 Å². The van der Waals surface area contributed by atoms with Gasteiger partial charge in [0.05, 0.1) is 22.5 Å². The number of hydrogen-bond acceptors (Lipinski definition) is 4. The Morgan fingerprint density at radius 1 is 1.10 bits per heavy atom. The summed E-state index contributed by atoms with van der Waals surface area (Å²) in [6, 6.07) is 15.5. The molecule has 3 aromatic rings. The van der Waals surface area contributed by atoms with Crippen LogP contribution in [0.5, 0.6) is 0 Å². The molecule has 7 heteroatoms. The fourth-order valence-corrected chi connectivity index (χ4v) is 3.72. The maximum absolute atomic E-state index is 13.4. The molecule has 154 valence electrons. The number of pyridine rings is 2. The molecule has 0 radical (unpaired) electrons. The molecule has 1 atom stereocenters. The normalized spacial score (nSPS) is 17.9. The predicted octanol–water partition coefficient (Wildman–Crippen LogP) is 4.34. The number of hydrogen-bond donors (Lipinski definition) is 1. The van der Waals surface area contributed by atoms with Crippen molar-refractivity contribution in [2.45, 2.75) is 26.3 Å². The first kappa shape index (κ1) is 23.1. The van der Waals surface area contributed by atoms with Gasteiger partial charge in [0.2, 0.25) is 0 Å². The highest BCUT2D eigenvalue weighted by molar-refractivity contribution is 6.07. The van der Waals surface area contributed by atoms with Crippen LogP contribution >= 0.6 is 24.8 Å². The van der Waals surface area contributed by atoms with E-state index in [1.165, 1.54) is 0 Å². The van der Waals surface area contributed by atoms with Crippen molar-refractivity contribution in [3.05, 3.63) is 60.3 Å². The number of fused-ring (bicyclic) bond motifs is 1. The molecule has 1 aliphatic heterocycles. The molecule has 1 fully saturated rings. The Morgan fingerprint density at radius 3 is 2.52 bits per heavy atom. The fourth-order valence-electron chi connectivity index (χ4n) is 3.72.